The van der Waals surface area contributed by atoms with Crippen LogP contribution in [0.2, 0.25) is 0 Å². The molecule has 1 aliphatic heterocycles. The van der Waals surface area contributed by atoms with Crippen molar-refractivity contribution in [2.45, 2.75) is 38.4 Å². The monoisotopic (exact) mass is 373 g/mol. The number of aliphatic hydroxyl groups excluding tert-OH is 3. The topological polar surface area (TPSA) is 152 Å². The first-order chi connectivity index (χ1) is 12.3. The van der Waals surface area contributed by atoms with Gasteiger partial charge in [-0.15, -0.1) is 0 Å². The molecular weight excluding hydrogens is 350 g/mol. The maximum Gasteiger partial charge on any atom is 0.357 e. The molecule has 1 aromatic rings. The lowest BCUT2D eigenvalue weighted by Crippen LogP contribution is -2.36. The van der Waals surface area contributed by atoms with Crippen LogP contribution in [-0.2, 0) is 19.1 Å². The summed E-state index contributed by atoms with van der Waals surface area (Å²) >= 11 is 0. The molecule has 1 saturated heterocycles. The zero-order valence-electron chi connectivity index (χ0n) is 14.4. The Bertz CT molecular complexity index is 665. The van der Waals surface area contributed by atoms with Crippen LogP contribution >= 0.6 is 0 Å². The normalized spacial score (nSPS) is 25.5. The third-order valence-corrected chi connectivity index (χ3v) is 3.56. The number of carbonyl (C=O) groups excluding carboxylic acids is 1. The van der Waals surface area contributed by atoms with E-state index in [4.69, 9.17) is 19.4 Å². The maximum absolute atomic E-state index is 12.1. The summed E-state index contributed by atoms with van der Waals surface area (Å²) in [7, 11) is 0. The molecule has 2 rings (SSSR count). The fraction of sp³-hybridized carbons (Fsp3) is 0.667. The second-order valence-electron chi connectivity index (χ2n) is 6.22. The number of nitrogens with zero attached hydrogens (tertiary/aromatic N) is 2. The van der Waals surface area contributed by atoms with E-state index >= 15 is 0 Å². The fourth-order valence-corrected chi connectivity index (χ4v) is 2.29. The van der Waals surface area contributed by atoms with Crippen molar-refractivity contribution in [1.82, 2.24) is 9.55 Å². The summed E-state index contributed by atoms with van der Waals surface area (Å²) < 4.78 is 11.3. The SMILES string of the molecule is CC(C)COCC(=O)ONc1ccn([C@@H]2O[C@H](CO)[C@@H](O)[C@H]2O)c(=O)n1. The van der Waals surface area contributed by atoms with E-state index in [9.17, 15) is 19.8 Å². The predicted octanol–water partition coefficient (Wildman–Crippen LogP) is -1.60. The van der Waals surface area contributed by atoms with Gasteiger partial charge in [0.25, 0.3) is 0 Å². The summed E-state index contributed by atoms with van der Waals surface area (Å²) in [6.45, 7) is 3.54. The van der Waals surface area contributed by atoms with Crippen molar-refractivity contribution in [1.29, 1.82) is 0 Å². The number of ether oxygens (including phenoxy) is 2. The number of aliphatic hydroxyl groups is 3. The summed E-state index contributed by atoms with van der Waals surface area (Å²) in [6, 6.07) is 1.32. The molecule has 0 radical (unpaired) electrons. The second kappa shape index (κ2) is 9.05. The lowest BCUT2D eigenvalue weighted by molar-refractivity contribution is -0.146. The molecule has 0 bridgehead atoms. The van der Waals surface area contributed by atoms with Crippen molar-refractivity contribution in [3.63, 3.8) is 0 Å². The molecule has 0 unspecified atom stereocenters. The summed E-state index contributed by atoms with van der Waals surface area (Å²) in [6.07, 6.45) is -3.68. The largest absolute Gasteiger partial charge is 0.394 e. The van der Waals surface area contributed by atoms with Crippen LogP contribution in [0.1, 0.15) is 20.1 Å². The molecule has 0 aromatic carbocycles. The van der Waals surface area contributed by atoms with E-state index in [2.05, 4.69) is 10.5 Å². The van der Waals surface area contributed by atoms with Gasteiger partial charge >= 0.3 is 11.7 Å². The number of hydrogen-bond acceptors (Lipinski definition) is 10. The minimum absolute atomic E-state index is 0.0322. The average molecular weight is 373 g/mol. The van der Waals surface area contributed by atoms with Gasteiger partial charge in [-0.1, -0.05) is 13.8 Å². The van der Waals surface area contributed by atoms with E-state index in [1.54, 1.807) is 0 Å². The van der Waals surface area contributed by atoms with Gasteiger partial charge in [0.05, 0.1) is 6.61 Å². The molecule has 26 heavy (non-hydrogen) atoms. The van der Waals surface area contributed by atoms with Gasteiger partial charge in [-0.2, -0.15) is 4.98 Å². The van der Waals surface area contributed by atoms with Gasteiger partial charge in [0.2, 0.25) is 0 Å². The van der Waals surface area contributed by atoms with Gasteiger partial charge in [-0.05, 0) is 5.92 Å². The van der Waals surface area contributed by atoms with Crippen molar-refractivity contribution in [2.75, 3.05) is 25.3 Å². The first-order valence-electron chi connectivity index (χ1n) is 8.08. The van der Waals surface area contributed by atoms with Crippen LogP contribution in [0.25, 0.3) is 0 Å². The molecule has 1 fully saturated rings. The van der Waals surface area contributed by atoms with Crippen molar-refractivity contribution in [3.8, 4) is 0 Å². The predicted molar refractivity (Wildman–Crippen MR) is 86.9 cm³/mol. The van der Waals surface area contributed by atoms with E-state index < -0.39 is 42.8 Å². The van der Waals surface area contributed by atoms with E-state index in [0.717, 1.165) is 4.57 Å². The van der Waals surface area contributed by atoms with Crippen LogP contribution in [0.4, 0.5) is 5.82 Å². The smallest absolute Gasteiger partial charge is 0.357 e. The Kier molecular flexibility index (Phi) is 7.06. The van der Waals surface area contributed by atoms with Crippen molar-refractivity contribution >= 4 is 11.8 Å². The molecule has 2 heterocycles. The van der Waals surface area contributed by atoms with Crippen LogP contribution in [0, 0.1) is 5.92 Å². The second-order valence-corrected chi connectivity index (χ2v) is 6.22. The lowest BCUT2D eigenvalue weighted by Gasteiger charge is -2.17. The van der Waals surface area contributed by atoms with E-state index in [1.807, 2.05) is 13.8 Å². The van der Waals surface area contributed by atoms with E-state index in [0.29, 0.717) is 6.61 Å². The molecule has 1 aliphatic rings. The molecule has 1 aromatic heterocycles. The Morgan fingerprint density at radius 2 is 2.15 bits per heavy atom. The molecular formula is C15H23N3O8. The molecule has 4 N–H and O–H groups in total. The first-order valence-corrected chi connectivity index (χ1v) is 8.08. The highest BCUT2D eigenvalue weighted by atomic mass is 16.7. The van der Waals surface area contributed by atoms with Gasteiger partial charge in [0.1, 0.15) is 24.9 Å². The Hall–Kier alpha value is -2.05. The van der Waals surface area contributed by atoms with Crippen LogP contribution in [0.15, 0.2) is 17.1 Å². The Balaban J connectivity index is 1.93. The zero-order valence-corrected chi connectivity index (χ0v) is 14.4. The number of hydrogen-bond donors (Lipinski definition) is 4. The molecule has 0 saturated carbocycles. The highest BCUT2D eigenvalue weighted by Gasteiger charge is 2.43. The highest BCUT2D eigenvalue weighted by molar-refractivity contribution is 5.71. The number of nitrogens with one attached hydrogen (secondary N) is 1. The quantitative estimate of drug-likeness (QED) is 0.392. The Labute approximate surface area is 149 Å². The van der Waals surface area contributed by atoms with Crippen molar-refractivity contribution < 1.29 is 34.4 Å². The first kappa shape index (κ1) is 20.3. The third kappa shape index (κ3) is 4.99. The van der Waals surface area contributed by atoms with Crippen LogP contribution in [0.3, 0.4) is 0 Å². The van der Waals surface area contributed by atoms with Crippen LogP contribution in [0.5, 0.6) is 0 Å². The Morgan fingerprint density at radius 3 is 2.73 bits per heavy atom. The zero-order chi connectivity index (χ0) is 19.3. The fourth-order valence-electron chi connectivity index (χ4n) is 2.29. The number of rotatable bonds is 8. The summed E-state index contributed by atoms with van der Waals surface area (Å²) in [5, 5.41) is 28.7. The minimum Gasteiger partial charge on any atom is -0.394 e. The summed E-state index contributed by atoms with van der Waals surface area (Å²) in [5.41, 5.74) is 1.43. The summed E-state index contributed by atoms with van der Waals surface area (Å²) in [5.74, 6) is -0.433. The van der Waals surface area contributed by atoms with Gasteiger partial charge in [-0.25, -0.2) is 15.1 Å². The molecule has 0 aliphatic carbocycles. The Morgan fingerprint density at radius 1 is 1.42 bits per heavy atom. The minimum atomic E-state index is -1.40. The highest BCUT2D eigenvalue weighted by Crippen LogP contribution is 2.28. The molecule has 0 amide bonds. The van der Waals surface area contributed by atoms with Gasteiger partial charge in [0, 0.05) is 18.9 Å². The average Bonchev–Trinajstić information content (AvgIpc) is 2.88. The lowest BCUT2D eigenvalue weighted by atomic mass is 10.1. The molecule has 11 nitrogen and oxygen atoms in total. The third-order valence-electron chi connectivity index (χ3n) is 3.56. The van der Waals surface area contributed by atoms with Gasteiger partial charge in [0.15, 0.2) is 12.0 Å². The standard InChI is InChI=1S/C15H23N3O8/c1-8(2)6-24-7-11(20)26-17-10-3-4-18(15(23)16-10)14-13(22)12(21)9(5-19)25-14/h3-4,8-9,12-14,19,21-22H,5-7H2,1-2H3,(H,16,17,23)/t9-,12-,13-,14-/m1/s1. The van der Waals surface area contributed by atoms with Gasteiger partial charge in [-0.3, -0.25) is 4.57 Å². The van der Waals surface area contributed by atoms with Gasteiger partial charge < -0.3 is 29.6 Å². The molecule has 11 heteroatoms. The number of aromatic nitrogens is 2. The summed E-state index contributed by atoms with van der Waals surface area (Å²) in [4.78, 5) is 31.9. The maximum atomic E-state index is 12.1. The van der Waals surface area contributed by atoms with Crippen molar-refractivity contribution in [2.24, 2.45) is 5.92 Å². The number of anilines is 1. The van der Waals surface area contributed by atoms with Crippen LogP contribution in [-0.4, -0.2) is 69.0 Å². The molecule has 0 spiro atoms. The van der Waals surface area contributed by atoms with Crippen LogP contribution < -0.4 is 11.2 Å². The van der Waals surface area contributed by atoms with Crippen molar-refractivity contribution in [3.05, 3.63) is 22.7 Å². The molecule has 4 atom stereocenters. The van der Waals surface area contributed by atoms with E-state index in [1.165, 1.54) is 12.3 Å². The molecule has 146 valence electrons. The van der Waals surface area contributed by atoms with E-state index in [-0.39, 0.29) is 18.3 Å². The number of carbonyl (C=O) groups is 1.